The Morgan fingerprint density at radius 2 is 1.76 bits per heavy atom. The highest BCUT2D eigenvalue weighted by Crippen LogP contribution is 2.27. The van der Waals surface area contributed by atoms with Gasteiger partial charge in [-0.05, 0) is 24.1 Å². The molecule has 21 heavy (non-hydrogen) atoms. The molecule has 1 atom stereocenters. The summed E-state index contributed by atoms with van der Waals surface area (Å²) in [6, 6.07) is 11.3. The largest absolute Gasteiger partial charge is 0.325 e. The highest BCUT2D eigenvalue weighted by Gasteiger charge is 2.16. The number of hydrogen-bond acceptors (Lipinski definition) is 2. The van der Waals surface area contributed by atoms with Gasteiger partial charge in [0.1, 0.15) is 0 Å². The van der Waals surface area contributed by atoms with Crippen LogP contribution in [0.15, 0.2) is 42.5 Å². The summed E-state index contributed by atoms with van der Waals surface area (Å²) in [5, 5.41) is 2.26. The minimum atomic E-state index is -0.727. The third-order valence-corrected chi connectivity index (χ3v) is 3.44. The first kappa shape index (κ1) is 15.8. The molecule has 0 spiro atoms. The summed E-state index contributed by atoms with van der Waals surface area (Å²) in [4.78, 5) is 12.0. The van der Waals surface area contributed by atoms with Gasteiger partial charge in [0.25, 0.3) is 0 Å². The lowest BCUT2D eigenvalue weighted by Crippen LogP contribution is -2.37. The maximum absolute atomic E-state index is 13.3. The monoisotopic (exact) mass is 326 g/mol. The van der Waals surface area contributed by atoms with Crippen molar-refractivity contribution in [3.05, 3.63) is 63.9 Å². The van der Waals surface area contributed by atoms with Crippen molar-refractivity contribution in [1.82, 2.24) is 0 Å². The summed E-state index contributed by atoms with van der Waals surface area (Å²) >= 11 is 11.3. The number of hydrogen-bond donors (Lipinski definition) is 2. The molecule has 0 fully saturated rings. The van der Waals surface area contributed by atoms with Crippen LogP contribution in [0, 0.1) is 5.82 Å². The van der Waals surface area contributed by atoms with Crippen LogP contribution in [0.1, 0.15) is 5.56 Å². The topological polar surface area (TPSA) is 55.1 Å². The first-order valence-corrected chi connectivity index (χ1v) is 6.98. The van der Waals surface area contributed by atoms with Crippen molar-refractivity contribution in [2.45, 2.75) is 12.5 Å². The quantitative estimate of drug-likeness (QED) is 0.843. The maximum Gasteiger partial charge on any atom is 0.241 e. The number of anilines is 1. The summed E-state index contributed by atoms with van der Waals surface area (Å²) in [6.07, 6.45) is 0.398. The standard InChI is InChI=1S/C15H13Cl2FN2O/c16-11-7-10(8-12(17)14(11)18)20-15(21)13(19)6-9-4-2-1-3-5-9/h1-5,7-8,13H,6,19H2,(H,20,21). The molecule has 0 bridgehead atoms. The molecule has 0 radical (unpaired) electrons. The van der Waals surface area contributed by atoms with Crippen LogP contribution in [0.25, 0.3) is 0 Å². The van der Waals surface area contributed by atoms with E-state index in [-0.39, 0.29) is 10.0 Å². The van der Waals surface area contributed by atoms with E-state index in [1.165, 1.54) is 12.1 Å². The van der Waals surface area contributed by atoms with E-state index in [1.54, 1.807) is 0 Å². The third kappa shape index (κ3) is 4.17. The van der Waals surface area contributed by atoms with Gasteiger partial charge in [-0.15, -0.1) is 0 Å². The number of benzene rings is 2. The summed E-state index contributed by atoms with van der Waals surface area (Å²) in [5.41, 5.74) is 7.11. The lowest BCUT2D eigenvalue weighted by Gasteiger charge is -2.13. The van der Waals surface area contributed by atoms with Crippen LogP contribution in [0.4, 0.5) is 10.1 Å². The van der Waals surface area contributed by atoms with Crippen molar-refractivity contribution in [2.75, 3.05) is 5.32 Å². The second-order valence-corrected chi connectivity index (χ2v) is 5.35. The molecular formula is C15H13Cl2FN2O. The van der Waals surface area contributed by atoms with E-state index >= 15 is 0 Å². The second kappa shape index (κ2) is 6.89. The number of rotatable bonds is 4. The fraction of sp³-hybridized carbons (Fsp3) is 0.133. The molecule has 0 saturated carbocycles. The second-order valence-electron chi connectivity index (χ2n) is 4.54. The predicted molar refractivity (Wildman–Crippen MR) is 83.2 cm³/mol. The maximum atomic E-state index is 13.3. The Morgan fingerprint density at radius 1 is 1.19 bits per heavy atom. The molecule has 3 N–H and O–H groups in total. The molecule has 1 unspecified atom stereocenters. The van der Waals surface area contributed by atoms with E-state index in [2.05, 4.69) is 5.32 Å². The van der Waals surface area contributed by atoms with Crippen molar-refractivity contribution in [3.8, 4) is 0 Å². The molecule has 2 aromatic carbocycles. The molecule has 0 heterocycles. The molecular weight excluding hydrogens is 314 g/mol. The van der Waals surface area contributed by atoms with E-state index < -0.39 is 17.8 Å². The van der Waals surface area contributed by atoms with Gasteiger partial charge in [-0.3, -0.25) is 4.79 Å². The molecule has 3 nitrogen and oxygen atoms in total. The van der Waals surface area contributed by atoms with Crippen LogP contribution in [0.2, 0.25) is 10.0 Å². The smallest absolute Gasteiger partial charge is 0.241 e. The molecule has 6 heteroatoms. The van der Waals surface area contributed by atoms with Gasteiger partial charge < -0.3 is 11.1 Å². The average Bonchev–Trinajstić information content (AvgIpc) is 2.45. The van der Waals surface area contributed by atoms with Gasteiger partial charge in [0, 0.05) is 5.69 Å². The minimum absolute atomic E-state index is 0.158. The molecule has 0 saturated heterocycles. The van der Waals surface area contributed by atoms with Gasteiger partial charge in [0.05, 0.1) is 16.1 Å². The predicted octanol–water partition coefficient (Wildman–Crippen LogP) is 3.64. The minimum Gasteiger partial charge on any atom is -0.325 e. The number of carbonyl (C=O) groups excluding carboxylic acids is 1. The van der Waals surface area contributed by atoms with E-state index in [9.17, 15) is 9.18 Å². The highest BCUT2D eigenvalue weighted by atomic mass is 35.5. The van der Waals surface area contributed by atoms with Crippen LogP contribution in [-0.2, 0) is 11.2 Å². The van der Waals surface area contributed by atoms with Crippen molar-refractivity contribution in [3.63, 3.8) is 0 Å². The van der Waals surface area contributed by atoms with E-state index in [0.29, 0.717) is 12.1 Å². The number of nitrogens with one attached hydrogen (secondary N) is 1. The Bertz CT molecular complexity index is 626. The van der Waals surface area contributed by atoms with Crippen LogP contribution in [-0.4, -0.2) is 11.9 Å². The molecule has 0 aliphatic carbocycles. The van der Waals surface area contributed by atoms with Gasteiger partial charge in [-0.2, -0.15) is 0 Å². The summed E-state index contributed by atoms with van der Waals surface area (Å²) in [6.45, 7) is 0. The van der Waals surface area contributed by atoms with Gasteiger partial charge in [-0.25, -0.2) is 4.39 Å². The van der Waals surface area contributed by atoms with Crippen molar-refractivity contribution in [2.24, 2.45) is 5.73 Å². The summed E-state index contributed by atoms with van der Waals surface area (Å²) in [7, 11) is 0. The van der Waals surface area contributed by atoms with Gasteiger partial charge >= 0.3 is 0 Å². The first-order valence-electron chi connectivity index (χ1n) is 6.22. The van der Waals surface area contributed by atoms with Gasteiger partial charge in [0.2, 0.25) is 5.91 Å². The fourth-order valence-electron chi connectivity index (χ4n) is 1.82. The Morgan fingerprint density at radius 3 is 2.33 bits per heavy atom. The van der Waals surface area contributed by atoms with Gasteiger partial charge in [0.15, 0.2) is 5.82 Å². The average molecular weight is 327 g/mol. The van der Waals surface area contributed by atoms with Crippen LogP contribution in [0.3, 0.4) is 0 Å². The molecule has 0 aromatic heterocycles. The normalized spacial score (nSPS) is 12.0. The van der Waals surface area contributed by atoms with E-state index in [1.807, 2.05) is 30.3 Å². The van der Waals surface area contributed by atoms with Crippen molar-refractivity contribution in [1.29, 1.82) is 0 Å². The third-order valence-electron chi connectivity index (χ3n) is 2.89. The highest BCUT2D eigenvalue weighted by molar-refractivity contribution is 6.35. The Balaban J connectivity index is 2.04. The fourth-order valence-corrected chi connectivity index (χ4v) is 2.31. The molecule has 110 valence electrons. The van der Waals surface area contributed by atoms with Gasteiger partial charge in [-0.1, -0.05) is 53.5 Å². The zero-order valence-electron chi connectivity index (χ0n) is 10.9. The van der Waals surface area contributed by atoms with E-state index in [0.717, 1.165) is 5.56 Å². The first-order chi connectivity index (χ1) is 9.97. The zero-order chi connectivity index (χ0) is 15.4. The Labute approximate surface area is 131 Å². The van der Waals surface area contributed by atoms with Crippen molar-refractivity contribution >= 4 is 34.8 Å². The molecule has 0 aliphatic rings. The summed E-state index contributed by atoms with van der Waals surface area (Å²) in [5.74, 6) is -1.11. The number of halogens is 3. The number of nitrogens with two attached hydrogens (primary N) is 1. The molecule has 1 amide bonds. The number of amides is 1. The molecule has 0 aliphatic heterocycles. The lowest BCUT2D eigenvalue weighted by atomic mass is 10.1. The summed E-state index contributed by atoms with van der Waals surface area (Å²) < 4.78 is 13.3. The van der Waals surface area contributed by atoms with E-state index in [4.69, 9.17) is 28.9 Å². The zero-order valence-corrected chi connectivity index (χ0v) is 12.5. The van der Waals surface area contributed by atoms with Crippen molar-refractivity contribution < 1.29 is 9.18 Å². The lowest BCUT2D eigenvalue weighted by molar-refractivity contribution is -0.117. The van der Waals surface area contributed by atoms with Crippen LogP contribution in [0.5, 0.6) is 0 Å². The SMILES string of the molecule is NC(Cc1ccccc1)C(=O)Nc1cc(Cl)c(F)c(Cl)c1. The number of carbonyl (C=O) groups is 1. The molecule has 2 rings (SSSR count). The van der Waals surface area contributed by atoms with Crippen LogP contribution >= 0.6 is 23.2 Å². The Kier molecular flexibility index (Phi) is 5.17. The van der Waals surface area contributed by atoms with Crippen LogP contribution < -0.4 is 11.1 Å². The molecule has 2 aromatic rings. The Hall–Kier alpha value is -1.62.